The summed E-state index contributed by atoms with van der Waals surface area (Å²) in [4.78, 5) is 15.2. The van der Waals surface area contributed by atoms with E-state index >= 15 is 0 Å². The number of halogens is 3. The number of carbonyl (C=O) groups excluding carboxylic acids is 1. The van der Waals surface area contributed by atoms with Crippen molar-refractivity contribution < 1.29 is 41.1 Å². The van der Waals surface area contributed by atoms with Crippen molar-refractivity contribution in [1.29, 1.82) is 0 Å². The van der Waals surface area contributed by atoms with Crippen molar-refractivity contribution in [1.82, 2.24) is 4.90 Å². The van der Waals surface area contributed by atoms with Crippen LogP contribution in [0.5, 0.6) is 0 Å². The van der Waals surface area contributed by atoms with Gasteiger partial charge in [-0.05, 0) is 33.3 Å². The van der Waals surface area contributed by atoms with Crippen LogP contribution in [0, 0.1) is 0 Å². The van der Waals surface area contributed by atoms with Crippen LogP contribution in [0.25, 0.3) is 0 Å². The lowest BCUT2D eigenvalue weighted by molar-refractivity contribution is -0.278. The van der Waals surface area contributed by atoms with Gasteiger partial charge in [0.1, 0.15) is 6.10 Å². The summed E-state index contributed by atoms with van der Waals surface area (Å²) < 4.78 is 78.7. The fraction of sp³-hybridized carbons (Fsp3) is 0.536. The predicted molar refractivity (Wildman–Crippen MR) is 141 cm³/mol. The Kier molecular flexibility index (Phi) is 10.4. The quantitative estimate of drug-likeness (QED) is 0.218. The maximum Gasteiger partial charge on any atom is 0.432 e. The van der Waals surface area contributed by atoms with Gasteiger partial charge in [-0.2, -0.15) is 13.2 Å². The van der Waals surface area contributed by atoms with E-state index in [9.17, 15) is 22.5 Å². The van der Waals surface area contributed by atoms with E-state index in [-0.39, 0.29) is 36.9 Å². The van der Waals surface area contributed by atoms with Gasteiger partial charge in [-0.3, -0.25) is 9.46 Å². The van der Waals surface area contributed by atoms with Crippen LogP contribution >= 0.6 is 7.60 Å². The van der Waals surface area contributed by atoms with Gasteiger partial charge in [0.05, 0.1) is 18.4 Å². The van der Waals surface area contributed by atoms with Crippen molar-refractivity contribution in [2.75, 3.05) is 19.8 Å². The van der Waals surface area contributed by atoms with Gasteiger partial charge in [-0.15, -0.1) is 0 Å². The molecular formula is C28H37F3NO6P. The molecule has 3 atom stereocenters. The Hall–Kier alpha value is -2.23. The number of esters is 1. The highest BCUT2D eigenvalue weighted by atomic mass is 31.2. The molecule has 2 aromatic carbocycles. The SMILES string of the molecule is CO[C@](C(=O)O[C@@H]1C[C@@H](CP(=O)(OC(C)C)OC(C)C)N(Cc2ccccc2)C1)(c1ccccc1)C(F)(F)F. The molecule has 0 N–H and O–H groups in total. The first-order chi connectivity index (χ1) is 18.3. The number of carbonyl (C=O) groups is 1. The summed E-state index contributed by atoms with van der Waals surface area (Å²) >= 11 is 0. The molecule has 11 heteroatoms. The highest BCUT2D eigenvalue weighted by Gasteiger charge is 2.64. The molecule has 0 aromatic heterocycles. The van der Waals surface area contributed by atoms with Gasteiger partial charge in [0.25, 0.3) is 5.60 Å². The van der Waals surface area contributed by atoms with E-state index in [4.69, 9.17) is 18.5 Å². The molecule has 1 saturated heterocycles. The van der Waals surface area contributed by atoms with Crippen LogP contribution in [-0.4, -0.2) is 61.2 Å². The number of alkyl halides is 3. The number of rotatable bonds is 12. The average molecular weight is 572 g/mol. The van der Waals surface area contributed by atoms with E-state index < -0.39 is 37.5 Å². The highest BCUT2D eigenvalue weighted by molar-refractivity contribution is 7.53. The van der Waals surface area contributed by atoms with E-state index in [0.717, 1.165) is 12.7 Å². The van der Waals surface area contributed by atoms with Crippen molar-refractivity contribution in [3.8, 4) is 0 Å². The molecule has 0 spiro atoms. The zero-order valence-corrected chi connectivity index (χ0v) is 23.8. The number of hydrogen-bond acceptors (Lipinski definition) is 7. The molecule has 0 radical (unpaired) electrons. The lowest BCUT2D eigenvalue weighted by Gasteiger charge is -2.33. The van der Waals surface area contributed by atoms with Crippen molar-refractivity contribution in [3.05, 3.63) is 71.8 Å². The summed E-state index contributed by atoms with van der Waals surface area (Å²) in [5.74, 6) is -1.55. The lowest BCUT2D eigenvalue weighted by atomic mass is 9.92. The summed E-state index contributed by atoms with van der Waals surface area (Å²) in [5.41, 5.74) is -2.71. The molecule has 2 aromatic rings. The highest BCUT2D eigenvalue weighted by Crippen LogP contribution is 2.53. The van der Waals surface area contributed by atoms with Crippen LogP contribution in [0.1, 0.15) is 45.2 Å². The molecule has 0 saturated carbocycles. The maximum atomic E-state index is 14.4. The van der Waals surface area contributed by atoms with Crippen LogP contribution in [0.4, 0.5) is 13.2 Å². The fourth-order valence-electron chi connectivity index (χ4n) is 4.86. The van der Waals surface area contributed by atoms with Crippen molar-refractivity contribution in [3.63, 3.8) is 0 Å². The zero-order chi connectivity index (χ0) is 28.8. The minimum Gasteiger partial charge on any atom is -0.458 e. The number of ether oxygens (including phenoxy) is 2. The molecule has 216 valence electrons. The van der Waals surface area contributed by atoms with Crippen LogP contribution in [0.3, 0.4) is 0 Å². The molecule has 7 nitrogen and oxygen atoms in total. The Morgan fingerprint density at radius 3 is 2.00 bits per heavy atom. The van der Waals surface area contributed by atoms with Crippen LogP contribution in [0.15, 0.2) is 60.7 Å². The first kappa shape index (κ1) is 31.3. The van der Waals surface area contributed by atoms with Crippen LogP contribution in [-0.2, 0) is 40.0 Å². The standard InChI is InChI=1S/C28H37F3NO6P/c1-20(2)37-39(34,38-21(3)4)19-24-16-25(18-32(24)17-22-12-8-6-9-13-22)36-26(33)27(35-5,28(29,30)31)23-14-10-7-11-15-23/h6-15,20-21,24-25H,16-19H2,1-5H3/t24-,25+,27-/m0/s1. The molecule has 1 heterocycles. The van der Waals surface area contributed by atoms with Gasteiger partial charge in [-0.25, -0.2) is 4.79 Å². The molecule has 0 aliphatic carbocycles. The summed E-state index contributed by atoms with van der Waals surface area (Å²) in [6.45, 7) is 7.56. The lowest BCUT2D eigenvalue weighted by Crippen LogP contribution is -2.52. The minimum atomic E-state index is -5.08. The molecule has 0 amide bonds. The third-order valence-corrected chi connectivity index (χ3v) is 8.70. The average Bonchev–Trinajstić information content (AvgIpc) is 3.18. The molecular weight excluding hydrogens is 534 g/mol. The second kappa shape index (κ2) is 13.0. The van der Waals surface area contributed by atoms with Gasteiger partial charge >= 0.3 is 19.7 Å². The summed E-state index contributed by atoms with van der Waals surface area (Å²) in [6, 6.07) is 15.7. The molecule has 3 rings (SSSR count). The Balaban J connectivity index is 1.89. The minimum absolute atomic E-state index is 0.00236. The summed E-state index contributed by atoms with van der Waals surface area (Å²) in [7, 11) is -2.75. The smallest absolute Gasteiger partial charge is 0.432 e. The van der Waals surface area contributed by atoms with Gasteiger partial charge in [0.15, 0.2) is 0 Å². The Morgan fingerprint density at radius 2 is 1.51 bits per heavy atom. The van der Waals surface area contributed by atoms with Crippen molar-refractivity contribution in [2.24, 2.45) is 0 Å². The zero-order valence-electron chi connectivity index (χ0n) is 22.9. The summed E-state index contributed by atoms with van der Waals surface area (Å²) in [5, 5.41) is 0. The fourth-order valence-corrected chi connectivity index (χ4v) is 7.26. The molecule has 39 heavy (non-hydrogen) atoms. The van der Waals surface area contributed by atoms with Crippen LogP contribution in [0.2, 0.25) is 0 Å². The van der Waals surface area contributed by atoms with Gasteiger partial charge < -0.3 is 18.5 Å². The van der Waals surface area contributed by atoms with Crippen LogP contribution < -0.4 is 0 Å². The molecule has 1 aliphatic heterocycles. The number of likely N-dealkylation sites (tertiary alicyclic amines) is 1. The van der Waals surface area contributed by atoms with Gasteiger partial charge in [0, 0.05) is 38.2 Å². The number of hydrogen-bond donors (Lipinski definition) is 0. The summed E-state index contributed by atoms with van der Waals surface area (Å²) in [6.07, 6.45) is -6.57. The van der Waals surface area contributed by atoms with E-state index in [2.05, 4.69) is 0 Å². The Morgan fingerprint density at radius 1 is 0.974 bits per heavy atom. The topological polar surface area (TPSA) is 74.3 Å². The normalized spacial score (nSPS) is 20.4. The molecule has 0 bridgehead atoms. The van der Waals surface area contributed by atoms with Crippen molar-refractivity contribution in [2.45, 2.75) is 76.8 Å². The van der Waals surface area contributed by atoms with E-state index in [1.54, 1.807) is 33.8 Å². The van der Waals surface area contributed by atoms with E-state index in [1.165, 1.54) is 24.3 Å². The Bertz CT molecular complexity index is 1100. The van der Waals surface area contributed by atoms with E-state index in [1.807, 2.05) is 35.2 Å². The molecule has 1 aliphatic rings. The van der Waals surface area contributed by atoms with E-state index in [0.29, 0.717) is 6.54 Å². The largest absolute Gasteiger partial charge is 0.458 e. The predicted octanol–water partition coefficient (Wildman–Crippen LogP) is 6.32. The maximum absolute atomic E-state index is 14.4. The molecule has 0 unspecified atom stereocenters. The van der Waals surface area contributed by atoms with Crippen molar-refractivity contribution >= 4 is 13.6 Å². The number of benzene rings is 2. The second-order valence-electron chi connectivity index (χ2n) is 10.2. The third-order valence-electron chi connectivity index (χ3n) is 6.34. The number of nitrogens with zero attached hydrogens (tertiary/aromatic N) is 1. The first-order valence-corrected chi connectivity index (χ1v) is 14.6. The molecule has 1 fully saturated rings. The second-order valence-corrected chi connectivity index (χ2v) is 12.2. The first-order valence-electron chi connectivity index (χ1n) is 12.9. The Labute approximate surface area is 228 Å². The van der Waals surface area contributed by atoms with Gasteiger partial charge in [0.2, 0.25) is 0 Å². The van der Waals surface area contributed by atoms with Gasteiger partial charge in [-0.1, -0.05) is 60.7 Å². The number of methoxy groups -OCH3 is 1. The monoisotopic (exact) mass is 571 g/mol. The third kappa shape index (κ3) is 7.70.